The van der Waals surface area contributed by atoms with Crippen molar-refractivity contribution in [3.05, 3.63) is 28.2 Å². The Kier molecular flexibility index (Phi) is 4.17. The van der Waals surface area contributed by atoms with Gasteiger partial charge < -0.3 is 9.84 Å². The van der Waals surface area contributed by atoms with E-state index in [-0.39, 0.29) is 12.0 Å². The number of halogens is 1. The van der Waals surface area contributed by atoms with Gasteiger partial charge in [-0.1, -0.05) is 35.8 Å². The average molecular weight is 273 g/mol. The van der Waals surface area contributed by atoms with Crippen molar-refractivity contribution in [1.29, 1.82) is 0 Å². The molecule has 1 N–H and O–H groups in total. The molecule has 0 spiro atoms. The largest absolute Gasteiger partial charge is 0.497 e. The van der Waals surface area contributed by atoms with E-state index >= 15 is 0 Å². The number of aliphatic hydroxyl groups is 1. The van der Waals surface area contributed by atoms with Gasteiger partial charge in [-0.15, -0.1) is 0 Å². The van der Waals surface area contributed by atoms with Crippen LogP contribution >= 0.6 is 15.9 Å². The Balaban J connectivity index is 2.87. The second-order valence-corrected chi connectivity index (χ2v) is 5.31. The SMILES string of the molecule is COc1ccc(CC(C)(C)CO)c(Br)c1. The van der Waals surface area contributed by atoms with Crippen LogP contribution in [0.15, 0.2) is 22.7 Å². The molecule has 3 heteroatoms. The molecule has 0 heterocycles. The number of aliphatic hydroxyl groups excluding tert-OH is 1. The van der Waals surface area contributed by atoms with E-state index < -0.39 is 0 Å². The van der Waals surface area contributed by atoms with Crippen LogP contribution < -0.4 is 4.74 Å². The van der Waals surface area contributed by atoms with Crippen molar-refractivity contribution in [2.75, 3.05) is 13.7 Å². The first kappa shape index (κ1) is 12.5. The molecule has 0 aliphatic carbocycles. The molecule has 2 nitrogen and oxygen atoms in total. The molecule has 0 saturated carbocycles. The highest BCUT2D eigenvalue weighted by atomic mass is 79.9. The minimum absolute atomic E-state index is 0.0862. The van der Waals surface area contributed by atoms with Crippen LogP contribution in [0.5, 0.6) is 5.75 Å². The fourth-order valence-electron chi connectivity index (χ4n) is 1.37. The smallest absolute Gasteiger partial charge is 0.120 e. The van der Waals surface area contributed by atoms with Crippen molar-refractivity contribution in [2.45, 2.75) is 20.3 Å². The summed E-state index contributed by atoms with van der Waals surface area (Å²) in [6, 6.07) is 5.91. The van der Waals surface area contributed by atoms with Crippen LogP contribution in [0.4, 0.5) is 0 Å². The van der Waals surface area contributed by atoms with Gasteiger partial charge in [0.25, 0.3) is 0 Å². The first-order chi connectivity index (χ1) is 6.98. The number of benzene rings is 1. The molecule has 84 valence electrons. The zero-order valence-corrected chi connectivity index (χ0v) is 11.0. The maximum atomic E-state index is 9.21. The van der Waals surface area contributed by atoms with Crippen LogP contribution in [-0.2, 0) is 6.42 Å². The molecule has 0 aliphatic heterocycles. The normalized spacial score (nSPS) is 11.5. The third kappa shape index (κ3) is 3.50. The summed E-state index contributed by atoms with van der Waals surface area (Å²) in [6.07, 6.45) is 0.841. The lowest BCUT2D eigenvalue weighted by molar-refractivity contribution is 0.159. The van der Waals surface area contributed by atoms with E-state index in [9.17, 15) is 5.11 Å². The summed E-state index contributed by atoms with van der Waals surface area (Å²) in [7, 11) is 1.65. The van der Waals surface area contributed by atoms with E-state index in [0.717, 1.165) is 16.6 Å². The molecule has 0 bridgehead atoms. The lowest BCUT2D eigenvalue weighted by Crippen LogP contribution is -2.19. The highest BCUT2D eigenvalue weighted by Gasteiger charge is 2.18. The molecule has 0 amide bonds. The van der Waals surface area contributed by atoms with Gasteiger partial charge in [-0.2, -0.15) is 0 Å². The fourth-order valence-corrected chi connectivity index (χ4v) is 1.87. The lowest BCUT2D eigenvalue weighted by atomic mass is 9.87. The molecular weight excluding hydrogens is 256 g/mol. The molecule has 0 unspecified atom stereocenters. The molecule has 0 atom stereocenters. The number of methoxy groups -OCH3 is 1. The third-order valence-corrected chi connectivity index (χ3v) is 3.10. The maximum absolute atomic E-state index is 9.21. The lowest BCUT2D eigenvalue weighted by Gasteiger charge is -2.22. The predicted octanol–water partition coefficient (Wildman–Crippen LogP) is 3.02. The third-order valence-electron chi connectivity index (χ3n) is 2.36. The Morgan fingerprint density at radius 1 is 1.40 bits per heavy atom. The van der Waals surface area contributed by atoms with Crippen LogP contribution in [0.1, 0.15) is 19.4 Å². The predicted molar refractivity (Wildman–Crippen MR) is 65.3 cm³/mol. The van der Waals surface area contributed by atoms with Crippen molar-refractivity contribution < 1.29 is 9.84 Å². The molecule has 1 aromatic rings. The van der Waals surface area contributed by atoms with E-state index in [1.54, 1.807) is 7.11 Å². The second-order valence-electron chi connectivity index (χ2n) is 4.46. The highest BCUT2D eigenvalue weighted by Crippen LogP contribution is 2.29. The molecule has 1 aromatic carbocycles. The van der Waals surface area contributed by atoms with Gasteiger partial charge in [0.2, 0.25) is 0 Å². The molecule has 0 fully saturated rings. The van der Waals surface area contributed by atoms with Gasteiger partial charge >= 0.3 is 0 Å². The fraction of sp³-hybridized carbons (Fsp3) is 0.500. The zero-order valence-electron chi connectivity index (χ0n) is 9.38. The molecule has 15 heavy (non-hydrogen) atoms. The quantitative estimate of drug-likeness (QED) is 0.913. The van der Waals surface area contributed by atoms with Gasteiger partial charge in [0.15, 0.2) is 0 Å². The van der Waals surface area contributed by atoms with Gasteiger partial charge in [0.05, 0.1) is 7.11 Å². The van der Waals surface area contributed by atoms with Crippen LogP contribution in [0.25, 0.3) is 0 Å². The van der Waals surface area contributed by atoms with Gasteiger partial charge in [0, 0.05) is 11.1 Å². The Hall–Kier alpha value is -0.540. The summed E-state index contributed by atoms with van der Waals surface area (Å²) in [4.78, 5) is 0. The minimum atomic E-state index is -0.0862. The van der Waals surface area contributed by atoms with Crippen molar-refractivity contribution in [2.24, 2.45) is 5.41 Å². The molecular formula is C12H17BrO2. The van der Waals surface area contributed by atoms with Crippen LogP contribution in [0, 0.1) is 5.41 Å². The van der Waals surface area contributed by atoms with Gasteiger partial charge in [-0.25, -0.2) is 0 Å². The summed E-state index contributed by atoms with van der Waals surface area (Å²) < 4.78 is 6.16. The van der Waals surface area contributed by atoms with Gasteiger partial charge in [0.1, 0.15) is 5.75 Å². The van der Waals surface area contributed by atoms with Crippen LogP contribution in [0.2, 0.25) is 0 Å². The first-order valence-electron chi connectivity index (χ1n) is 4.92. The Morgan fingerprint density at radius 2 is 2.07 bits per heavy atom. The molecule has 0 saturated heterocycles. The van der Waals surface area contributed by atoms with Crippen molar-refractivity contribution >= 4 is 15.9 Å². The van der Waals surface area contributed by atoms with E-state index in [1.165, 1.54) is 5.56 Å². The summed E-state index contributed by atoms with van der Waals surface area (Å²) in [5, 5.41) is 9.21. The van der Waals surface area contributed by atoms with Crippen LogP contribution in [0.3, 0.4) is 0 Å². The topological polar surface area (TPSA) is 29.5 Å². The second kappa shape index (κ2) is 4.99. The van der Waals surface area contributed by atoms with Crippen molar-refractivity contribution in [3.63, 3.8) is 0 Å². The van der Waals surface area contributed by atoms with Gasteiger partial charge in [-0.3, -0.25) is 0 Å². The minimum Gasteiger partial charge on any atom is -0.497 e. The molecule has 0 radical (unpaired) electrons. The van der Waals surface area contributed by atoms with E-state index in [0.29, 0.717) is 0 Å². The standard InChI is InChI=1S/C12H17BrO2/c1-12(2,8-14)7-9-4-5-10(15-3)6-11(9)13/h4-6,14H,7-8H2,1-3H3. The number of ether oxygens (including phenoxy) is 1. The average Bonchev–Trinajstić information content (AvgIpc) is 2.21. The Bertz CT molecular complexity index is 334. The first-order valence-corrected chi connectivity index (χ1v) is 5.71. The molecule has 1 rings (SSSR count). The summed E-state index contributed by atoms with van der Waals surface area (Å²) in [5.41, 5.74) is 1.10. The number of hydrogen-bond donors (Lipinski definition) is 1. The molecule has 0 aliphatic rings. The van der Waals surface area contributed by atoms with Crippen LogP contribution in [-0.4, -0.2) is 18.8 Å². The summed E-state index contributed by atoms with van der Waals surface area (Å²) in [6.45, 7) is 4.28. The maximum Gasteiger partial charge on any atom is 0.120 e. The molecule has 0 aromatic heterocycles. The van der Waals surface area contributed by atoms with E-state index in [4.69, 9.17) is 4.74 Å². The van der Waals surface area contributed by atoms with Gasteiger partial charge in [-0.05, 0) is 29.5 Å². The van der Waals surface area contributed by atoms with Crippen molar-refractivity contribution in [1.82, 2.24) is 0 Å². The Morgan fingerprint density at radius 3 is 2.53 bits per heavy atom. The zero-order chi connectivity index (χ0) is 11.5. The number of rotatable bonds is 4. The summed E-state index contributed by atoms with van der Waals surface area (Å²) >= 11 is 3.51. The van der Waals surface area contributed by atoms with Crippen molar-refractivity contribution in [3.8, 4) is 5.75 Å². The van der Waals surface area contributed by atoms with E-state index in [1.807, 2.05) is 32.0 Å². The van der Waals surface area contributed by atoms with E-state index in [2.05, 4.69) is 15.9 Å². The highest BCUT2D eigenvalue weighted by molar-refractivity contribution is 9.10. The number of hydrogen-bond acceptors (Lipinski definition) is 2. The monoisotopic (exact) mass is 272 g/mol. The summed E-state index contributed by atoms with van der Waals surface area (Å²) in [5.74, 6) is 0.840. The Labute approximate surface area is 99.4 Å².